The van der Waals surface area contributed by atoms with E-state index in [1.54, 1.807) is 38.2 Å². The Bertz CT molecular complexity index is 871. The fraction of sp³-hybridized carbons (Fsp3) is 0.700. The van der Waals surface area contributed by atoms with Crippen LogP contribution in [0.1, 0.15) is 80.1 Å². The summed E-state index contributed by atoms with van der Waals surface area (Å²) in [5.74, 6) is -2.64. The van der Waals surface area contributed by atoms with Crippen molar-refractivity contribution < 1.29 is 34.7 Å². The van der Waals surface area contributed by atoms with Gasteiger partial charge in [0.2, 0.25) is 5.79 Å². The van der Waals surface area contributed by atoms with Crippen LogP contribution in [0, 0.1) is 17.8 Å². The topological polar surface area (TPSA) is 116 Å². The molecule has 0 aromatic heterocycles. The summed E-state index contributed by atoms with van der Waals surface area (Å²) in [6, 6.07) is 0. The van der Waals surface area contributed by atoms with Gasteiger partial charge in [-0.1, -0.05) is 62.8 Å². The Kier molecular flexibility index (Phi) is 11.3. The third-order valence-electron chi connectivity index (χ3n) is 8.05. The molecule has 1 fully saturated rings. The van der Waals surface area contributed by atoms with E-state index in [2.05, 4.69) is 6.58 Å². The second kappa shape index (κ2) is 13.3. The molecule has 7 heteroatoms. The minimum Gasteiger partial charge on any atom is -0.459 e. The van der Waals surface area contributed by atoms with Gasteiger partial charge >= 0.3 is 5.97 Å². The molecule has 0 amide bonds. The number of hydrogen-bond acceptors (Lipinski definition) is 7. The maximum atomic E-state index is 12.8. The van der Waals surface area contributed by atoms with Crippen LogP contribution in [0.2, 0.25) is 0 Å². The third kappa shape index (κ3) is 8.89. The van der Waals surface area contributed by atoms with E-state index in [0.29, 0.717) is 37.7 Å². The van der Waals surface area contributed by atoms with Crippen molar-refractivity contribution in [3.63, 3.8) is 0 Å². The van der Waals surface area contributed by atoms with Crippen LogP contribution in [-0.2, 0) is 14.3 Å². The standard InChI is InChI=1S/C30H48O7/c1-19-16-25-11-8-12-26(32)23(5)22(4)17-28(33)36-27(14-13-20(2)24(6)31)21(3)10-9-15-29(7,34)30(35,18-19)37-25/h8-9,12,15,17,20-21,23-27,31-32,34-35H,1,10-11,13-14,16,18H2,2-7H3/b12-8+,15-9+,22-17-/t20-,21+,23-,24+,25+,26+,27-,29-,30+/m1/s1. The lowest BCUT2D eigenvalue weighted by molar-refractivity contribution is -0.305. The number of carbonyl (C=O) groups excluding carboxylic acids is 1. The zero-order chi connectivity index (χ0) is 28.0. The molecule has 1 saturated heterocycles. The van der Waals surface area contributed by atoms with Crippen LogP contribution in [0.3, 0.4) is 0 Å². The Balaban J connectivity index is 2.38. The van der Waals surface area contributed by atoms with Gasteiger partial charge in [0.1, 0.15) is 11.7 Å². The van der Waals surface area contributed by atoms with Gasteiger partial charge in [0.15, 0.2) is 0 Å². The zero-order valence-electron chi connectivity index (χ0n) is 23.4. The molecule has 2 heterocycles. The van der Waals surface area contributed by atoms with Gasteiger partial charge in [-0.25, -0.2) is 4.79 Å². The normalized spacial score (nSPS) is 41.4. The molecule has 9 atom stereocenters. The fourth-order valence-corrected chi connectivity index (χ4v) is 4.75. The van der Waals surface area contributed by atoms with Crippen LogP contribution in [0.4, 0.5) is 0 Å². The summed E-state index contributed by atoms with van der Waals surface area (Å²) in [7, 11) is 0. The monoisotopic (exact) mass is 520 g/mol. The van der Waals surface area contributed by atoms with E-state index in [1.165, 1.54) is 13.0 Å². The summed E-state index contributed by atoms with van der Waals surface area (Å²) in [5, 5.41) is 43.1. The summed E-state index contributed by atoms with van der Waals surface area (Å²) in [4.78, 5) is 12.8. The first-order valence-corrected chi connectivity index (χ1v) is 13.5. The first-order valence-electron chi connectivity index (χ1n) is 13.5. The molecule has 0 unspecified atom stereocenters. The van der Waals surface area contributed by atoms with Gasteiger partial charge in [-0.15, -0.1) is 0 Å². The van der Waals surface area contributed by atoms with Gasteiger partial charge in [-0.3, -0.25) is 0 Å². The minimum atomic E-state index is -1.84. The van der Waals surface area contributed by atoms with Gasteiger partial charge < -0.3 is 29.9 Å². The second-order valence-electron chi connectivity index (χ2n) is 11.5. The van der Waals surface area contributed by atoms with Crippen LogP contribution in [-0.4, -0.2) is 62.2 Å². The van der Waals surface area contributed by atoms with Crippen molar-refractivity contribution in [2.24, 2.45) is 17.8 Å². The quantitative estimate of drug-likeness (QED) is 0.322. The van der Waals surface area contributed by atoms with Crippen molar-refractivity contribution in [1.29, 1.82) is 0 Å². The average molecular weight is 521 g/mol. The molecule has 2 rings (SSSR count). The molecule has 0 radical (unpaired) electrons. The number of esters is 1. The van der Waals surface area contributed by atoms with Gasteiger partial charge in [-0.2, -0.15) is 0 Å². The first kappa shape index (κ1) is 31.4. The summed E-state index contributed by atoms with van der Waals surface area (Å²) < 4.78 is 11.9. The van der Waals surface area contributed by atoms with E-state index in [-0.39, 0.29) is 24.2 Å². The minimum absolute atomic E-state index is 0.0493. The molecule has 0 aromatic rings. The van der Waals surface area contributed by atoms with Crippen molar-refractivity contribution >= 4 is 5.97 Å². The van der Waals surface area contributed by atoms with Crippen molar-refractivity contribution in [2.75, 3.05) is 0 Å². The lowest BCUT2D eigenvalue weighted by Gasteiger charge is -2.45. The SMILES string of the molecule is C=C1C[C@@H]2C/C=C/[C@H](O)[C@H](C)/C(C)=C\C(=O)O[C@H](CC[C@@H](C)[C@H](C)O)[C@@H](C)C/C=C/[C@@](C)(O)[C@](O)(C1)O2. The molecule has 2 aliphatic rings. The van der Waals surface area contributed by atoms with Gasteiger partial charge in [0.05, 0.1) is 18.3 Å². The van der Waals surface area contributed by atoms with Crippen LogP contribution in [0.15, 0.2) is 48.1 Å². The first-order chi connectivity index (χ1) is 17.1. The Morgan fingerprint density at radius 2 is 1.86 bits per heavy atom. The van der Waals surface area contributed by atoms with Gasteiger partial charge in [0.25, 0.3) is 0 Å². The number of hydrogen-bond donors (Lipinski definition) is 4. The fourth-order valence-electron chi connectivity index (χ4n) is 4.75. The van der Waals surface area contributed by atoms with E-state index < -0.39 is 41.8 Å². The molecule has 37 heavy (non-hydrogen) atoms. The van der Waals surface area contributed by atoms with Gasteiger partial charge in [-0.05, 0) is 64.7 Å². The predicted molar refractivity (Wildman–Crippen MR) is 144 cm³/mol. The van der Waals surface area contributed by atoms with Crippen molar-refractivity contribution in [3.8, 4) is 0 Å². The Morgan fingerprint density at radius 3 is 2.51 bits per heavy atom. The lowest BCUT2D eigenvalue weighted by Crippen LogP contribution is -2.56. The largest absolute Gasteiger partial charge is 0.459 e. The highest BCUT2D eigenvalue weighted by molar-refractivity contribution is 5.83. The second-order valence-corrected chi connectivity index (χ2v) is 11.5. The van der Waals surface area contributed by atoms with Crippen molar-refractivity contribution in [2.45, 2.75) is 116 Å². The Hall–Kier alpha value is -1.77. The van der Waals surface area contributed by atoms with Crippen LogP contribution >= 0.6 is 0 Å². The molecule has 0 aliphatic carbocycles. The third-order valence-corrected chi connectivity index (χ3v) is 8.05. The van der Waals surface area contributed by atoms with E-state index in [0.717, 1.165) is 5.57 Å². The van der Waals surface area contributed by atoms with E-state index in [4.69, 9.17) is 9.47 Å². The zero-order valence-corrected chi connectivity index (χ0v) is 23.4. The smallest absolute Gasteiger partial charge is 0.330 e. The number of ether oxygens (including phenoxy) is 2. The molecular formula is C30H48O7. The summed E-state index contributed by atoms with van der Waals surface area (Å²) in [6.45, 7) is 14.9. The van der Waals surface area contributed by atoms with Crippen molar-refractivity contribution in [3.05, 3.63) is 48.1 Å². The molecule has 4 N–H and O–H groups in total. The Morgan fingerprint density at radius 1 is 1.19 bits per heavy atom. The molecule has 7 nitrogen and oxygen atoms in total. The number of aliphatic hydroxyl groups excluding tert-OH is 2. The molecule has 210 valence electrons. The Labute approximate surface area is 222 Å². The number of rotatable bonds is 4. The number of aliphatic hydroxyl groups is 4. The van der Waals surface area contributed by atoms with Gasteiger partial charge in [0, 0.05) is 18.4 Å². The van der Waals surface area contributed by atoms with Crippen LogP contribution in [0.25, 0.3) is 0 Å². The number of cyclic esters (lactones) is 1. The maximum Gasteiger partial charge on any atom is 0.330 e. The van der Waals surface area contributed by atoms with Crippen LogP contribution in [0.5, 0.6) is 0 Å². The molecule has 2 aliphatic heterocycles. The maximum absolute atomic E-state index is 12.8. The highest BCUT2D eigenvalue weighted by Crippen LogP contribution is 2.39. The molecule has 0 aromatic carbocycles. The van der Waals surface area contributed by atoms with E-state index in [1.807, 2.05) is 20.8 Å². The highest BCUT2D eigenvalue weighted by atomic mass is 16.6. The summed E-state index contributed by atoms with van der Waals surface area (Å²) in [6.07, 6.45) is 9.00. The highest BCUT2D eigenvalue weighted by Gasteiger charge is 2.49. The van der Waals surface area contributed by atoms with Crippen molar-refractivity contribution in [1.82, 2.24) is 0 Å². The predicted octanol–water partition coefficient (Wildman–Crippen LogP) is 4.36. The number of allylic oxidation sites excluding steroid dienone is 1. The summed E-state index contributed by atoms with van der Waals surface area (Å²) >= 11 is 0. The lowest BCUT2D eigenvalue weighted by atomic mass is 9.83. The molecular weight excluding hydrogens is 472 g/mol. The van der Waals surface area contributed by atoms with E-state index in [9.17, 15) is 25.2 Å². The molecule has 0 spiro atoms. The average Bonchev–Trinajstić information content (AvgIpc) is 2.79. The summed E-state index contributed by atoms with van der Waals surface area (Å²) in [5.41, 5.74) is -0.181. The number of carbonyl (C=O) groups is 1. The number of fused-ring (bicyclic) bond motifs is 2. The molecule has 2 bridgehead atoms. The van der Waals surface area contributed by atoms with E-state index >= 15 is 0 Å². The van der Waals surface area contributed by atoms with Crippen LogP contribution < -0.4 is 0 Å². The molecule has 0 saturated carbocycles.